The number of rotatable bonds is 5. The van der Waals surface area contributed by atoms with Gasteiger partial charge in [-0.1, -0.05) is 24.3 Å². The van der Waals surface area contributed by atoms with E-state index in [1.54, 1.807) is 35.1 Å². The van der Waals surface area contributed by atoms with Crippen LogP contribution in [0.1, 0.15) is 27.5 Å². The molecule has 8 heteroatoms. The maximum atomic E-state index is 13.6. The molecule has 0 N–H and O–H groups in total. The summed E-state index contributed by atoms with van der Waals surface area (Å²) in [5.41, 5.74) is 2.41. The van der Waals surface area contributed by atoms with Gasteiger partial charge < -0.3 is 9.47 Å². The van der Waals surface area contributed by atoms with Gasteiger partial charge in [-0.25, -0.2) is 8.78 Å². The maximum absolute atomic E-state index is 13.6. The molecule has 0 aliphatic carbocycles. The van der Waals surface area contributed by atoms with E-state index in [0.717, 1.165) is 16.9 Å². The Kier molecular flexibility index (Phi) is 5.98. The van der Waals surface area contributed by atoms with Crippen LogP contribution in [0, 0.1) is 11.6 Å². The van der Waals surface area contributed by atoms with Crippen LogP contribution in [0.5, 0.6) is 0 Å². The van der Waals surface area contributed by atoms with Gasteiger partial charge in [0, 0.05) is 45.6 Å². The fraction of sp³-hybridized carbons (Fsp3) is 0.231. The molecule has 0 spiro atoms. The van der Waals surface area contributed by atoms with E-state index in [-0.39, 0.29) is 23.6 Å². The summed E-state index contributed by atoms with van der Waals surface area (Å²) in [7, 11) is 1.82. The zero-order chi connectivity index (χ0) is 23.7. The zero-order valence-corrected chi connectivity index (χ0v) is 18.8. The van der Waals surface area contributed by atoms with Crippen molar-refractivity contribution in [3.63, 3.8) is 0 Å². The van der Waals surface area contributed by atoms with Gasteiger partial charge in [0.1, 0.15) is 23.0 Å². The first kappa shape index (κ1) is 22.0. The second-order valence-corrected chi connectivity index (χ2v) is 8.43. The van der Waals surface area contributed by atoms with Crippen molar-refractivity contribution in [2.24, 2.45) is 7.05 Å². The highest BCUT2D eigenvalue weighted by molar-refractivity contribution is 5.97. The van der Waals surface area contributed by atoms with Gasteiger partial charge >= 0.3 is 0 Å². The van der Waals surface area contributed by atoms with Gasteiger partial charge in [0.25, 0.3) is 5.91 Å². The normalized spacial score (nSPS) is 14.6. The predicted octanol–water partition coefficient (Wildman–Crippen LogP) is 4.04. The molecule has 5 rings (SSSR count). The molecule has 0 radical (unpaired) electrons. The lowest BCUT2D eigenvalue weighted by molar-refractivity contribution is 0.0597. The topological polar surface area (TPSA) is 46.3 Å². The Balaban J connectivity index is 1.36. The fourth-order valence-corrected chi connectivity index (χ4v) is 4.62. The summed E-state index contributed by atoms with van der Waals surface area (Å²) in [6, 6.07) is 16.5. The zero-order valence-electron chi connectivity index (χ0n) is 18.8. The number of aromatic nitrogens is 3. The molecule has 1 fully saturated rings. The van der Waals surface area contributed by atoms with Crippen LogP contribution >= 0.6 is 0 Å². The number of amides is 1. The first-order valence-electron chi connectivity index (χ1n) is 11.2. The summed E-state index contributed by atoms with van der Waals surface area (Å²) in [4.78, 5) is 17.5. The standard InChI is InChI=1S/C26H25F2N5O/c1-30-25(32-12-2-3-13-32)23(18-29-30)26(34)33-16-14-31(15-17-33)24(19-4-8-21(27)9-5-19)20-6-10-22(28)11-7-20/h2-13,18,24H,14-17H2,1H3. The number of piperazine rings is 1. The summed E-state index contributed by atoms with van der Waals surface area (Å²) < 4.78 is 30.7. The summed E-state index contributed by atoms with van der Waals surface area (Å²) in [6.07, 6.45) is 5.40. The van der Waals surface area contributed by atoms with E-state index >= 15 is 0 Å². The van der Waals surface area contributed by atoms with Crippen molar-refractivity contribution in [2.75, 3.05) is 26.2 Å². The Morgan fingerprint density at radius 2 is 1.38 bits per heavy atom. The van der Waals surface area contributed by atoms with Crippen LogP contribution in [0.3, 0.4) is 0 Å². The highest BCUT2D eigenvalue weighted by Crippen LogP contribution is 2.30. The molecule has 34 heavy (non-hydrogen) atoms. The van der Waals surface area contributed by atoms with Crippen LogP contribution in [0.15, 0.2) is 79.3 Å². The average molecular weight is 462 g/mol. The molecule has 1 amide bonds. The quantitative estimate of drug-likeness (QED) is 0.451. The molecule has 2 aromatic carbocycles. The highest BCUT2D eigenvalue weighted by Gasteiger charge is 2.30. The lowest BCUT2D eigenvalue weighted by Crippen LogP contribution is -2.50. The molecule has 0 atom stereocenters. The fourth-order valence-electron chi connectivity index (χ4n) is 4.62. The maximum Gasteiger partial charge on any atom is 0.259 e. The summed E-state index contributed by atoms with van der Waals surface area (Å²) >= 11 is 0. The lowest BCUT2D eigenvalue weighted by Gasteiger charge is -2.39. The Hall–Kier alpha value is -3.78. The monoisotopic (exact) mass is 461 g/mol. The first-order valence-corrected chi connectivity index (χ1v) is 11.2. The third-order valence-electron chi connectivity index (χ3n) is 6.33. The second kappa shape index (κ2) is 9.23. The third-order valence-corrected chi connectivity index (χ3v) is 6.33. The van der Waals surface area contributed by atoms with Gasteiger partial charge in [0.15, 0.2) is 0 Å². The molecule has 1 saturated heterocycles. The second-order valence-electron chi connectivity index (χ2n) is 8.43. The third kappa shape index (κ3) is 4.24. The molecule has 0 unspecified atom stereocenters. The van der Waals surface area contributed by atoms with Gasteiger partial charge in [-0.05, 0) is 47.5 Å². The Labute approximate surface area is 196 Å². The molecule has 1 aliphatic heterocycles. The highest BCUT2D eigenvalue weighted by atomic mass is 19.1. The van der Waals surface area contributed by atoms with Crippen molar-refractivity contribution in [1.82, 2.24) is 24.1 Å². The molecule has 0 saturated carbocycles. The minimum atomic E-state index is -0.299. The molecular weight excluding hydrogens is 436 g/mol. The number of carbonyl (C=O) groups is 1. The van der Waals surface area contributed by atoms with Crippen molar-refractivity contribution in [2.45, 2.75) is 6.04 Å². The first-order chi connectivity index (χ1) is 16.5. The van der Waals surface area contributed by atoms with Crippen molar-refractivity contribution in [3.05, 3.63) is 108 Å². The Morgan fingerprint density at radius 3 is 1.91 bits per heavy atom. The number of hydrogen-bond donors (Lipinski definition) is 0. The van der Waals surface area contributed by atoms with Crippen LogP contribution < -0.4 is 0 Å². The number of benzene rings is 2. The van der Waals surface area contributed by atoms with Crippen molar-refractivity contribution >= 4 is 5.91 Å². The van der Waals surface area contributed by atoms with E-state index in [1.165, 1.54) is 24.3 Å². The van der Waals surface area contributed by atoms with E-state index in [1.807, 2.05) is 41.0 Å². The molecule has 174 valence electrons. The minimum absolute atomic E-state index is 0.0587. The number of aryl methyl sites for hydroxylation is 1. The van der Waals surface area contributed by atoms with Crippen LogP contribution in [0.2, 0.25) is 0 Å². The summed E-state index contributed by atoms with van der Waals surface area (Å²) in [5, 5.41) is 4.30. The van der Waals surface area contributed by atoms with Gasteiger partial charge in [-0.2, -0.15) is 5.10 Å². The largest absolute Gasteiger partial charge is 0.336 e. The Bertz CT molecular complexity index is 1210. The molecule has 2 aromatic heterocycles. The van der Waals surface area contributed by atoms with E-state index in [9.17, 15) is 13.6 Å². The van der Waals surface area contributed by atoms with Crippen molar-refractivity contribution < 1.29 is 13.6 Å². The molecule has 4 aromatic rings. The van der Waals surface area contributed by atoms with Crippen molar-refractivity contribution in [1.29, 1.82) is 0 Å². The van der Waals surface area contributed by atoms with Gasteiger partial charge in [-0.15, -0.1) is 0 Å². The number of hydrogen-bond acceptors (Lipinski definition) is 3. The smallest absolute Gasteiger partial charge is 0.259 e. The van der Waals surface area contributed by atoms with E-state index in [4.69, 9.17) is 0 Å². The summed E-state index contributed by atoms with van der Waals surface area (Å²) in [6.45, 7) is 2.34. The molecule has 0 bridgehead atoms. The van der Waals surface area contributed by atoms with Crippen LogP contribution in [0.4, 0.5) is 8.78 Å². The van der Waals surface area contributed by atoms with Crippen LogP contribution in [-0.2, 0) is 7.05 Å². The minimum Gasteiger partial charge on any atom is -0.336 e. The molecular formula is C26H25F2N5O. The molecule has 3 heterocycles. The number of halogens is 2. The molecule has 6 nitrogen and oxygen atoms in total. The van der Waals surface area contributed by atoms with E-state index < -0.39 is 0 Å². The van der Waals surface area contributed by atoms with Gasteiger partial charge in [-0.3, -0.25) is 14.4 Å². The number of nitrogens with zero attached hydrogens (tertiary/aromatic N) is 5. The van der Waals surface area contributed by atoms with Crippen LogP contribution in [0.25, 0.3) is 5.82 Å². The number of carbonyl (C=O) groups excluding carboxylic acids is 1. The Morgan fingerprint density at radius 1 is 0.853 bits per heavy atom. The molecule has 1 aliphatic rings. The summed E-state index contributed by atoms with van der Waals surface area (Å²) in [5.74, 6) is 0.0727. The van der Waals surface area contributed by atoms with Crippen LogP contribution in [-0.4, -0.2) is 56.2 Å². The van der Waals surface area contributed by atoms with Gasteiger partial charge in [0.05, 0.1) is 12.2 Å². The predicted molar refractivity (Wildman–Crippen MR) is 125 cm³/mol. The van der Waals surface area contributed by atoms with Gasteiger partial charge in [0.2, 0.25) is 0 Å². The van der Waals surface area contributed by atoms with Crippen molar-refractivity contribution in [3.8, 4) is 5.82 Å². The average Bonchev–Trinajstić information content (AvgIpc) is 3.51. The van der Waals surface area contributed by atoms with E-state index in [2.05, 4.69) is 10.00 Å². The lowest BCUT2D eigenvalue weighted by atomic mass is 9.96. The SMILES string of the molecule is Cn1ncc(C(=O)N2CCN(C(c3ccc(F)cc3)c3ccc(F)cc3)CC2)c1-n1cccc1. The van der Waals surface area contributed by atoms with E-state index in [0.29, 0.717) is 31.7 Å².